The summed E-state index contributed by atoms with van der Waals surface area (Å²) in [4.78, 5) is 2.31. The van der Waals surface area contributed by atoms with Gasteiger partial charge in [0.05, 0.1) is 5.54 Å². The maximum atomic E-state index is 6.14. The summed E-state index contributed by atoms with van der Waals surface area (Å²) in [7, 11) is 4.30. The van der Waals surface area contributed by atoms with Gasteiger partial charge in [0.15, 0.2) is 0 Å². The van der Waals surface area contributed by atoms with Crippen LogP contribution in [0.15, 0.2) is 18.2 Å². The van der Waals surface area contributed by atoms with Crippen molar-refractivity contribution in [2.24, 2.45) is 5.73 Å². The van der Waals surface area contributed by atoms with Gasteiger partial charge < -0.3 is 5.73 Å². The maximum Gasteiger partial charge on any atom is 0.0581 e. The highest BCUT2D eigenvalue weighted by molar-refractivity contribution is 5.41. The maximum absolute atomic E-state index is 6.14. The highest BCUT2D eigenvalue weighted by atomic mass is 15.2. The Bertz CT molecular complexity index is 457. The van der Waals surface area contributed by atoms with E-state index in [2.05, 4.69) is 58.0 Å². The predicted molar refractivity (Wildman–Crippen MR) is 82.5 cm³/mol. The van der Waals surface area contributed by atoms with Crippen LogP contribution in [0.3, 0.4) is 0 Å². The molecule has 0 saturated heterocycles. The number of benzene rings is 1. The highest BCUT2D eigenvalue weighted by Gasteiger charge is 2.37. The molecule has 1 aliphatic rings. The lowest BCUT2D eigenvalue weighted by Crippen LogP contribution is -2.49. The SMILES string of the molecule is CN(C)C1(CN)CCCc2cc(C(C)(C)C)ccc21. The van der Waals surface area contributed by atoms with Gasteiger partial charge >= 0.3 is 0 Å². The highest BCUT2D eigenvalue weighted by Crippen LogP contribution is 2.39. The van der Waals surface area contributed by atoms with Crippen LogP contribution in [0.5, 0.6) is 0 Å². The van der Waals surface area contributed by atoms with Gasteiger partial charge in [0.25, 0.3) is 0 Å². The molecule has 106 valence electrons. The Morgan fingerprint density at radius 1 is 1.26 bits per heavy atom. The van der Waals surface area contributed by atoms with Crippen molar-refractivity contribution >= 4 is 0 Å². The molecule has 1 aromatic rings. The normalized spacial score (nSPS) is 23.5. The zero-order valence-corrected chi connectivity index (χ0v) is 13.1. The molecule has 1 aliphatic carbocycles. The van der Waals surface area contributed by atoms with Gasteiger partial charge in [0.1, 0.15) is 0 Å². The van der Waals surface area contributed by atoms with Gasteiger partial charge in [-0.05, 0) is 55.5 Å². The molecule has 0 spiro atoms. The topological polar surface area (TPSA) is 29.3 Å². The number of rotatable bonds is 2. The Morgan fingerprint density at radius 3 is 2.47 bits per heavy atom. The predicted octanol–water partition coefficient (Wildman–Crippen LogP) is 3.04. The summed E-state index contributed by atoms with van der Waals surface area (Å²) in [6.45, 7) is 7.53. The first-order valence-electron chi connectivity index (χ1n) is 7.32. The number of nitrogens with zero attached hydrogens (tertiary/aromatic N) is 1. The molecule has 0 heterocycles. The van der Waals surface area contributed by atoms with Gasteiger partial charge in [-0.3, -0.25) is 4.90 Å². The van der Waals surface area contributed by atoms with E-state index >= 15 is 0 Å². The van der Waals surface area contributed by atoms with E-state index in [1.807, 2.05) is 0 Å². The summed E-state index contributed by atoms with van der Waals surface area (Å²) < 4.78 is 0. The van der Waals surface area contributed by atoms with Crippen molar-refractivity contribution in [2.75, 3.05) is 20.6 Å². The third kappa shape index (κ3) is 2.44. The van der Waals surface area contributed by atoms with Crippen molar-refractivity contribution in [3.8, 4) is 0 Å². The van der Waals surface area contributed by atoms with Crippen molar-refractivity contribution in [3.63, 3.8) is 0 Å². The van der Waals surface area contributed by atoms with E-state index in [9.17, 15) is 0 Å². The second-order valence-corrected chi connectivity index (χ2v) is 7.11. The Morgan fingerprint density at radius 2 is 1.95 bits per heavy atom. The van der Waals surface area contributed by atoms with Crippen LogP contribution in [-0.4, -0.2) is 25.5 Å². The molecule has 0 aliphatic heterocycles. The van der Waals surface area contributed by atoms with Crippen LogP contribution in [-0.2, 0) is 17.4 Å². The molecular weight excluding hydrogens is 232 g/mol. The van der Waals surface area contributed by atoms with Crippen molar-refractivity contribution in [1.29, 1.82) is 0 Å². The van der Waals surface area contributed by atoms with Gasteiger partial charge in [0.2, 0.25) is 0 Å². The van der Waals surface area contributed by atoms with E-state index in [1.54, 1.807) is 0 Å². The quantitative estimate of drug-likeness (QED) is 0.885. The van der Waals surface area contributed by atoms with Gasteiger partial charge in [-0.15, -0.1) is 0 Å². The van der Waals surface area contributed by atoms with Crippen LogP contribution in [0, 0.1) is 0 Å². The third-order valence-corrected chi connectivity index (χ3v) is 4.70. The zero-order chi connectivity index (χ0) is 14.3. The number of aryl methyl sites for hydroxylation is 1. The molecule has 0 amide bonds. The van der Waals surface area contributed by atoms with Crippen molar-refractivity contribution in [1.82, 2.24) is 4.90 Å². The molecule has 2 N–H and O–H groups in total. The lowest BCUT2D eigenvalue weighted by molar-refractivity contribution is 0.135. The minimum atomic E-state index is 0.0317. The van der Waals surface area contributed by atoms with Crippen LogP contribution < -0.4 is 5.73 Å². The molecule has 2 rings (SSSR count). The average molecular weight is 260 g/mol. The first-order chi connectivity index (χ1) is 8.81. The van der Waals surface area contributed by atoms with E-state index in [0.29, 0.717) is 6.54 Å². The fourth-order valence-corrected chi connectivity index (χ4v) is 3.29. The van der Waals surface area contributed by atoms with Crippen LogP contribution in [0.1, 0.15) is 50.3 Å². The summed E-state index contributed by atoms with van der Waals surface area (Å²) in [5.74, 6) is 0. The number of nitrogens with two attached hydrogens (primary N) is 1. The summed E-state index contributed by atoms with van der Waals surface area (Å²) in [5.41, 5.74) is 10.8. The summed E-state index contributed by atoms with van der Waals surface area (Å²) in [6, 6.07) is 7.02. The van der Waals surface area contributed by atoms with Crippen LogP contribution in [0.25, 0.3) is 0 Å². The van der Waals surface area contributed by atoms with E-state index < -0.39 is 0 Å². The molecule has 0 fully saturated rings. The average Bonchev–Trinajstić information content (AvgIpc) is 2.35. The molecule has 0 saturated carbocycles. The lowest BCUT2D eigenvalue weighted by Gasteiger charge is -2.44. The molecule has 0 radical (unpaired) electrons. The Kier molecular flexibility index (Phi) is 3.76. The fraction of sp³-hybridized carbons (Fsp3) is 0.647. The summed E-state index contributed by atoms with van der Waals surface area (Å²) >= 11 is 0. The molecule has 1 aromatic carbocycles. The smallest absolute Gasteiger partial charge is 0.0581 e. The molecule has 1 unspecified atom stereocenters. The molecule has 19 heavy (non-hydrogen) atoms. The van der Waals surface area contributed by atoms with Crippen molar-refractivity contribution in [3.05, 3.63) is 34.9 Å². The number of hydrogen-bond donors (Lipinski definition) is 1. The Labute approximate surface area is 118 Å². The minimum absolute atomic E-state index is 0.0317. The molecule has 1 atom stereocenters. The van der Waals surface area contributed by atoms with E-state index in [0.717, 1.165) is 0 Å². The van der Waals surface area contributed by atoms with Crippen molar-refractivity contribution in [2.45, 2.75) is 51.0 Å². The molecular formula is C17H28N2. The van der Waals surface area contributed by atoms with E-state index in [4.69, 9.17) is 5.73 Å². The van der Waals surface area contributed by atoms with E-state index in [1.165, 1.54) is 36.0 Å². The molecule has 2 nitrogen and oxygen atoms in total. The third-order valence-electron chi connectivity index (χ3n) is 4.70. The van der Waals surface area contributed by atoms with Crippen LogP contribution in [0.4, 0.5) is 0 Å². The van der Waals surface area contributed by atoms with Crippen molar-refractivity contribution < 1.29 is 0 Å². The first-order valence-corrected chi connectivity index (χ1v) is 7.32. The Hall–Kier alpha value is -0.860. The second kappa shape index (κ2) is 4.92. The summed E-state index contributed by atoms with van der Waals surface area (Å²) in [5, 5.41) is 0. The first kappa shape index (κ1) is 14.5. The van der Waals surface area contributed by atoms with Gasteiger partial charge in [-0.2, -0.15) is 0 Å². The minimum Gasteiger partial charge on any atom is -0.328 e. The second-order valence-electron chi connectivity index (χ2n) is 7.11. The Balaban J connectivity index is 2.53. The lowest BCUT2D eigenvalue weighted by atomic mass is 9.73. The van der Waals surface area contributed by atoms with Gasteiger partial charge in [-0.1, -0.05) is 39.0 Å². The summed E-state index contributed by atoms with van der Waals surface area (Å²) in [6.07, 6.45) is 3.59. The molecule has 0 bridgehead atoms. The number of hydrogen-bond acceptors (Lipinski definition) is 2. The standard InChI is InChI=1S/C17H28N2/c1-16(2,3)14-8-9-15-13(11-14)7-6-10-17(15,12-18)19(4)5/h8-9,11H,6-7,10,12,18H2,1-5H3. The zero-order valence-electron chi connectivity index (χ0n) is 13.1. The van der Waals surface area contributed by atoms with Gasteiger partial charge in [-0.25, -0.2) is 0 Å². The van der Waals surface area contributed by atoms with E-state index in [-0.39, 0.29) is 11.0 Å². The fourth-order valence-electron chi connectivity index (χ4n) is 3.29. The number of likely N-dealkylation sites (N-methyl/N-ethyl adjacent to an activating group) is 1. The largest absolute Gasteiger partial charge is 0.328 e. The molecule has 0 aromatic heterocycles. The number of fused-ring (bicyclic) bond motifs is 1. The monoisotopic (exact) mass is 260 g/mol. The van der Waals surface area contributed by atoms with Gasteiger partial charge in [0, 0.05) is 6.54 Å². The van der Waals surface area contributed by atoms with Crippen LogP contribution in [0.2, 0.25) is 0 Å². The molecule has 2 heteroatoms. The van der Waals surface area contributed by atoms with Crippen LogP contribution >= 0.6 is 0 Å².